The van der Waals surface area contributed by atoms with Gasteiger partial charge in [0.2, 0.25) is 10.0 Å². The van der Waals surface area contributed by atoms with Crippen LogP contribution in [0.4, 0.5) is 4.39 Å². The molecule has 0 spiro atoms. The summed E-state index contributed by atoms with van der Waals surface area (Å²) >= 11 is 0. The highest BCUT2D eigenvalue weighted by atomic mass is 32.2. The Labute approximate surface area is 168 Å². The van der Waals surface area contributed by atoms with E-state index < -0.39 is 15.8 Å². The molecule has 0 saturated carbocycles. The number of hydrogen-bond acceptors (Lipinski definition) is 4. The molecule has 152 valence electrons. The number of aryl methyl sites for hydroxylation is 1. The van der Waals surface area contributed by atoms with Crippen LogP contribution in [0.2, 0.25) is 0 Å². The Morgan fingerprint density at radius 1 is 1.00 bits per heavy atom. The van der Waals surface area contributed by atoms with Gasteiger partial charge in [0.15, 0.2) is 5.76 Å². The van der Waals surface area contributed by atoms with Crippen molar-refractivity contribution >= 4 is 26.9 Å². The van der Waals surface area contributed by atoms with Gasteiger partial charge in [-0.3, -0.25) is 4.79 Å². The van der Waals surface area contributed by atoms with E-state index in [4.69, 9.17) is 4.42 Å². The van der Waals surface area contributed by atoms with Crippen LogP contribution in [0.25, 0.3) is 11.0 Å². The molecule has 1 aromatic heterocycles. The van der Waals surface area contributed by atoms with Crippen molar-refractivity contribution in [1.82, 2.24) is 9.21 Å². The Hall–Kier alpha value is -2.71. The quantitative estimate of drug-likeness (QED) is 0.656. The van der Waals surface area contributed by atoms with E-state index in [1.807, 2.05) is 25.1 Å². The number of rotatable bonds is 3. The van der Waals surface area contributed by atoms with Crippen LogP contribution in [0, 0.1) is 12.7 Å². The van der Waals surface area contributed by atoms with Crippen molar-refractivity contribution in [3.8, 4) is 0 Å². The van der Waals surface area contributed by atoms with Crippen molar-refractivity contribution in [2.24, 2.45) is 0 Å². The lowest BCUT2D eigenvalue weighted by Gasteiger charge is -2.21. The summed E-state index contributed by atoms with van der Waals surface area (Å²) in [6.07, 6.45) is 0.505. The number of carbonyl (C=O) groups excluding carboxylic acids is 1. The lowest BCUT2D eigenvalue weighted by Crippen LogP contribution is -2.37. The predicted octanol–water partition coefficient (Wildman–Crippen LogP) is 3.42. The Balaban J connectivity index is 1.50. The van der Waals surface area contributed by atoms with E-state index in [1.165, 1.54) is 16.4 Å². The van der Waals surface area contributed by atoms with Gasteiger partial charge in [0.05, 0.1) is 4.90 Å². The van der Waals surface area contributed by atoms with Crippen LogP contribution in [0.3, 0.4) is 0 Å². The summed E-state index contributed by atoms with van der Waals surface area (Å²) in [6.45, 7) is 3.13. The molecule has 0 radical (unpaired) electrons. The Bertz CT molecular complexity index is 1160. The van der Waals surface area contributed by atoms with Gasteiger partial charge in [0, 0.05) is 31.6 Å². The van der Waals surface area contributed by atoms with E-state index >= 15 is 0 Å². The molecule has 1 saturated heterocycles. The first-order valence-electron chi connectivity index (χ1n) is 9.40. The number of benzene rings is 2. The number of fused-ring (bicyclic) bond motifs is 1. The summed E-state index contributed by atoms with van der Waals surface area (Å²) in [6, 6.07) is 12.2. The minimum Gasteiger partial charge on any atom is -0.451 e. The number of halogens is 1. The molecule has 0 atom stereocenters. The third kappa shape index (κ3) is 3.90. The van der Waals surface area contributed by atoms with E-state index in [0.29, 0.717) is 25.1 Å². The second-order valence-corrected chi connectivity index (χ2v) is 9.09. The highest BCUT2D eigenvalue weighted by molar-refractivity contribution is 7.89. The third-order valence-corrected chi connectivity index (χ3v) is 6.99. The van der Waals surface area contributed by atoms with Crippen LogP contribution in [0.5, 0.6) is 0 Å². The summed E-state index contributed by atoms with van der Waals surface area (Å²) in [5.41, 5.74) is 1.72. The third-order valence-electron chi connectivity index (χ3n) is 5.08. The van der Waals surface area contributed by atoms with E-state index in [1.54, 1.807) is 11.0 Å². The maximum atomic E-state index is 13.1. The standard InChI is InChI=1S/C21H21FN2O4S/c1-15-3-8-19-16(13-15)14-20(28-19)21(25)23-9-2-10-24(12-11-23)29(26,27)18-6-4-17(22)5-7-18/h3-8,13-14H,2,9-12H2,1H3. The first-order chi connectivity index (χ1) is 13.8. The van der Waals surface area contributed by atoms with E-state index in [2.05, 4.69) is 0 Å². The number of carbonyl (C=O) groups is 1. The van der Waals surface area contributed by atoms with Crippen LogP contribution in [0.15, 0.2) is 57.8 Å². The van der Waals surface area contributed by atoms with Gasteiger partial charge in [0.25, 0.3) is 5.91 Å². The largest absolute Gasteiger partial charge is 0.451 e. The van der Waals surface area contributed by atoms with Crippen LogP contribution in [-0.4, -0.2) is 49.7 Å². The zero-order valence-electron chi connectivity index (χ0n) is 16.0. The minimum atomic E-state index is -3.74. The molecule has 29 heavy (non-hydrogen) atoms. The molecule has 2 aromatic carbocycles. The minimum absolute atomic E-state index is 0.0475. The molecule has 0 unspecified atom stereocenters. The number of amides is 1. The number of furan rings is 1. The number of sulfonamides is 1. The summed E-state index contributed by atoms with van der Waals surface area (Å²) in [4.78, 5) is 14.6. The maximum Gasteiger partial charge on any atom is 0.289 e. The summed E-state index contributed by atoms with van der Waals surface area (Å²) in [5.74, 6) is -0.488. The fraction of sp³-hybridized carbons (Fsp3) is 0.286. The van der Waals surface area contributed by atoms with Crippen LogP contribution < -0.4 is 0 Å². The van der Waals surface area contributed by atoms with Crippen molar-refractivity contribution in [3.05, 3.63) is 65.7 Å². The van der Waals surface area contributed by atoms with Gasteiger partial charge < -0.3 is 9.32 Å². The predicted molar refractivity (Wildman–Crippen MR) is 107 cm³/mol. The van der Waals surface area contributed by atoms with Crippen LogP contribution in [-0.2, 0) is 10.0 Å². The molecule has 0 bridgehead atoms. The lowest BCUT2D eigenvalue weighted by molar-refractivity contribution is 0.0734. The van der Waals surface area contributed by atoms with E-state index in [9.17, 15) is 17.6 Å². The SMILES string of the molecule is Cc1ccc2oc(C(=O)N3CCCN(S(=O)(=O)c4ccc(F)cc4)CC3)cc2c1. The molecule has 1 aliphatic heterocycles. The van der Waals surface area contributed by atoms with Crippen LogP contribution >= 0.6 is 0 Å². The van der Waals surface area contributed by atoms with Crippen molar-refractivity contribution in [3.63, 3.8) is 0 Å². The highest BCUT2D eigenvalue weighted by Crippen LogP contribution is 2.23. The Kier molecular flexibility index (Phi) is 5.14. The van der Waals surface area contributed by atoms with Gasteiger partial charge in [-0.2, -0.15) is 4.31 Å². The van der Waals surface area contributed by atoms with Crippen LogP contribution in [0.1, 0.15) is 22.5 Å². The first kappa shape index (κ1) is 19.6. The average molecular weight is 416 g/mol. The lowest BCUT2D eigenvalue weighted by atomic mass is 10.2. The van der Waals surface area contributed by atoms with E-state index in [-0.39, 0.29) is 29.7 Å². The molecule has 3 aromatic rings. The monoisotopic (exact) mass is 416 g/mol. The molecule has 1 amide bonds. The Morgan fingerprint density at radius 2 is 1.76 bits per heavy atom. The molecule has 8 heteroatoms. The number of hydrogen-bond donors (Lipinski definition) is 0. The second-order valence-electron chi connectivity index (χ2n) is 7.16. The molecule has 1 aliphatic rings. The van der Waals surface area contributed by atoms with Crippen molar-refractivity contribution in [2.45, 2.75) is 18.2 Å². The first-order valence-corrected chi connectivity index (χ1v) is 10.8. The van der Waals surface area contributed by atoms with Gasteiger partial charge in [-0.25, -0.2) is 12.8 Å². The van der Waals surface area contributed by atoms with E-state index in [0.717, 1.165) is 23.1 Å². The zero-order chi connectivity index (χ0) is 20.6. The van der Waals surface area contributed by atoms with Gasteiger partial charge in [-0.1, -0.05) is 11.6 Å². The van der Waals surface area contributed by atoms with Gasteiger partial charge in [0.1, 0.15) is 11.4 Å². The fourth-order valence-corrected chi connectivity index (χ4v) is 4.99. The normalized spacial score (nSPS) is 16.1. The average Bonchev–Trinajstić information content (AvgIpc) is 2.94. The highest BCUT2D eigenvalue weighted by Gasteiger charge is 2.29. The van der Waals surface area contributed by atoms with Gasteiger partial charge in [-0.05, 0) is 55.8 Å². The zero-order valence-corrected chi connectivity index (χ0v) is 16.8. The van der Waals surface area contributed by atoms with Crippen molar-refractivity contribution in [2.75, 3.05) is 26.2 Å². The molecule has 2 heterocycles. The Morgan fingerprint density at radius 3 is 2.52 bits per heavy atom. The molecule has 1 fully saturated rings. The smallest absolute Gasteiger partial charge is 0.289 e. The molecule has 0 N–H and O–H groups in total. The van der Waals surface area contributed by atoms with Crippen molar-refractivity contribution in [1.29, 1.82) is 0 Å². The summed E-state index contributed by atoms with van der Waals surface area (Å²) in [7, 11) is -3.74. The summed E-state index contributed by atoms with van der Waals surface area (Å²) < 4.78 is 45.8. The topological polar surface area (TPSA) is 70.8 Å². The summed E-state index contributed by atoms with van der Waals surface area (Å²) in [5, 5.41) is 0.865. The molecular formula is C21H21FN2O4S. The number of nitrogens with zero attached hydrogens (tertiary/aromatic N) is 2. The fourth-order valence-electron chi connectivity index (χ4n) is 3.52. The molecule has 0 aliphatic carbocycles. The van der Waals surface area contributed by atoms with Crippen molar-refractivity contribution < 1.29 is 22.0 Å². The molecular weight excluding hydrogens is 395 g/mol. The maximum absolute atomic E-state index is 13.1. The second kappa shape index (κ2) is 7.61. The molecule has 4 rings (SSSR count). The molecule has 6 nitrogen and oxygen atoms in total. The van der Waals surface area contributed by atoms with Gasteiger partial charge in [-0.15, -0.1) is 0 Å². The van der Waals surface area contributed by atoms with Gasteiger partial charge >= 0.3 is 0 Å².